The minimum absolute atomic E-state index is 0.192. The van der Waals surface area contributed by atoms with E-state index in [0.717, 1.165) is 15.8 Å². The maximum Gasteiger partial charge on any atom is 0.0876 e. The Labute approximate surface area is 132 Å². The molecular weight excluding hydrogens is 326 g/mol. The minimum atomic E-state index is 0.192. The van der Waals surface area contributed by atoms with E-state index in [2.05, 4.69) is 63.6 Å². The van der Waals surface area contributed by atoms with Crippen LogP contribution in [0.15, 0.2) is 71.5 Å². The van der Waals surface area contributed by atoms with Gasteiger partial charge in [0.05, 0.1) is 11.4 Å². The van der Waals surface area contributed by atoms with Crippen molar-refractivity contribution in [1.29, 1.82) is 0 Å². The average Bonchev–Trinajstić information content (AvgIpc) is 3.02. The van der Waals surface area contributed by atoms with Crippen molar-refractivity contribution in [3.63, 3.8) is 0 Å². The predicted molar refractivity (Wildman–Crippen MR) is 89.7 cm³/mol. The number of para-hydroxylation sites is 2. The van der Waals surface area contributed by atoms with Gasteiger partial charge >= 0.3 is 0 Å². The molecule has 0 aliphatic heterocycles. The van der Waals surface area contributed by atoms with Crippen molar-refractivity contribution < 1.29 is 0 Å². The number of aromatic nitrogens is 2. The van der Waals surface area contributed by atoms with E-state index in [1.54, 1.807) is 6.20 Å². The summed E-state index contributed by atoms with van der Waals surface area (Å²) >= 11 is 3.61. The zero-order valence-corrected chi connectivity index (χ0v) is 13.3. The Balaban J connectivity index is 1.91. The van der Waals surface area contributed by atoms with E-state index in [9.17, 15) is 0 Å². The zero-order chi connectivity index (χ0) is 14.7. The number of halogens is 1. The van der Waals surface area contributed by atoms with Crippen molar-refractivity contribution in [3.05, 3.63) is 77.0 Å². The lowest BCUT2D eigenvalue weighted by Crippen LogP contribution is -2.10. The first-order chi connectivity index (χ1) is 10.3. The second kappa shape index (κ2) is 6.14. The van der Waals surface area contributed by atoms with E-state index in [0.29, 0.717) is 0 Å². The summed E-state index contributed by atoms with van der Waals surface area (Å²) in [7, 11) is 0. The number of hydrogen-bond donors (Lipinski definition) is 1. The second-order valence-electron chi connectivity index (χ2n) is 4.86. The first-order valence-electron chi connectivity index (χ1n) is 6.86. The third-order valence-electron chi connectivity index (χ3n) is 3.40. The Hall–Kier alpha value is -2.07. The van der Waals surface area contributed by atoms with Gasteiger partial charge in [0.15, 0.2) is 0 Å². The van der Waals surface area contributed by atoms with Crippen molar-refractivity contribution >= 4 is 21.6 Å². The largest absolute Gasteiger partial charge is 0.377 e. The molecule has 1 unspecified atom stereocenters. The molecule has 106 valence electrons. The van der Waals surface area contributed by atoms with Crippen molar-refractivity contribution in [2.75, 3.05) is 5.32 Å². The van der Waals surface area contributed by atoms with Crippen LogP contribution < -0.4 is 5.32 Å². The van der Waals surface area contributed by atoms with Crippen LogP contribution in [0.5, 0.6) is 0 Å². The third kappa shape index (κ3) is 3.00. The van der Waals surface area contributed by atoms with Gasteiger partial charge in [-0.2, -0.15) is 5.10 Å². The Morgan fingerprint density at radius 1 is 1.05 bits per heavy atom. The highest BCUT2D eigenvalue weighted by Crippen LogP contribution is 2.28. The van der Waals surface area contributed by atoms with E-state index < -0.39 is 0 Å². The maximum atomic E-state index is 4.31. The van der Waals surface area contributed by atoms with Crippen molar-refractivity contribution in [1.82, 2.24) is 9.78 Å². The van der Waals surface area contributed by atoms with Gasteiger partial charge in [-0.1, -0.05) is 46.3 Å². The Morgan fingerprint density at radius 2 is 1.81 bits per heavy atom. The third-order valence-corrected chi connectivity index (χ3v) is 4.12. The first kappa shape index (κ1) is 13.9. The van der Waals surface area contributed by atoms with Crippen LogP contribution >= 0.6 is 15.9 Å². The van der Waals surface area contributed by atoms with Crippen LogP contribution in [-0.4, -0.2) is 9.78 Å². The van der Waals surface area contributed by atoms with Gasteiger partial charge in [-0.15, -0.1) is 0 Å². The SMILES string of the molecule is CC(Nc1ccccc1-n1cccn1)c1ccccc1Br. The van der Waals surface area contributed by atoms with Gasteiger partial charge in [-0.05, 0) is 36.8 Å². The van der Waals surface area contributed by atoms with Crippen molar-refractivity contribution in [2.24, 2.45) is 0 Å². The normalized spacial score (nSPS) is 12.1. The molecule has 0 saturated carbocycles. The summed E-state index contributed by atoms with van der Waals surface area (Å²) in [6.07, 6.45) is 3.73. The first-order valence-corrected chi connectivity index (χ1v) is 7.65. The van der Waals surface area contributed by atoms with E-state index in [1.807, 2.05) is 35.1 Å². The molecule has 0 radical (unpaired) electrons. The molecule has 1 aromatic heterocycles. The van der Waals surface area contributed by atoms with Crippen LogP contribution in [-0.2, 0) is 0 Å². The summed E-state index contributed by atoms with van der Waals surface area (Å²) in [6, 6.07) is 18.6. The number of nitrogens with zero attached hydrogens (tertiary/aromatic N) is 2. The quantitative estimate of drug-likeness (QED) is 0.738. The van der Waals surface area contributed by atoms with E-state index >= 15 is 0 Å². The highest BCUT2D eigenvalue weighted by molar-refractivity contribution is 9.10. The lowest BCUT2D eigenvalue weighted by Gasteiger charge is -2.19. The van der Waals surface area contributed by atoms with Crippen LogP contribution in [0.1, 0.15) is 18.5 Å². The van der Waals surface area contributed by atoms with Gasteiger partial charge in [-0.25, -0.2) is 4.68 Å². The fraction of sp³-hybridized carbons (Fsp3) is 0.118. The molecule has 3 aromatic rings. The van der Waals surface area contributed by atoms with Gasteiger partial charge in [0.2, 0.25) is 0 Å². The lowest BCUT2D eigenvalue weighted by atomic mass is 10.1. The van der Waals surface area contributed by atoms with Gasteiger partial charge in [-0.3, -0.25) is 0 Å². The molecule has 0 aliphatic rings. The molecular formula is C17H16BrN3. The monoisotopic (exact) mass is 341 g/mol. The number of anilines is 1. The number of rotatable bonds is 4. The maximum absolute atomic E-state index is 4.31. The molecule has 0 bridgehead atoms. The van der Waals surface area contributed by atoms with Crippen molar-refractivity contribution in [2.45, 2.75) is 13.0 Å². The molecule has 1 heterocycles. The average molecular weight is 342 g/mol. The van der Waals surface area contributed by atoms with Gasteiger partial charge in [0.25, 0.3) is 0 Å². The van der Waals surface area contributed by atoms with Crippen LogP contribution in [0.2, 0.25) is 0 Å². The molecule has 21 heavy (non-hydrogen) atoms. The van der Waals surface area contributed by atoms with E-state index in [-0.39, 0.29) is 6.04 Å². The fourth-order valence-electron chi connectivity index (χ4n) is 2.34. The molecule has 0 amide bonds. The summed E-state index contributed by atoms with van der Waals surface area (Å²) in [6.45, 7) is 2.15. The Morgan fingerprint density at radius 3 is 2.57 bits per heavy atom. The van der Waals surface area contributed by atoms with Crippen LogP contribution in [0.4, 0.5) is 5.69 Å². The molecule has 3 rings (SSSR count). The summed E-state index contributed by atoms with van der Waals surface area (Å²) < 4.78 is 2.98. The summed E-state index contributed by atoms with van der Waals surface area (Å²) in [5.41, 5.74) is 3.33. The molecule has 1 N–H and O–H groups in total. The summed E-state index contributed by atoms with van der Waals surface area (Å²) in [5, 5.41) is 7.88. The molecule has 0 spiro atoms. The van der Waals surface area contributed by atoms with E-state index in [4.69, 9.17) is 0 Å². The Bertz CT molecular complexity index is 722. The fourth-order valence-corrected chi connectivity index (χ4v) is 2.97. The molecule has 1 atom stereocenters. The van der Waals surface area contributed by atoms with Crippen LogP contribution in [0.25, 0.3) is 5.69 Å². The number of hydrogen-bond acceptors (Lipinski definition) is 2. The van der Waals surface area contributed by atoms with Crippen molar-refractivity contribution in [3.8, 4) is 5.69 Å². The predicted octanol–water partition coefficient (Wildman–Crippen LogP) is 4.81. The topological polar surface area (TPSA) is 29.9 Å². The smallest absolute Gasteiger partial charge is 0.0876 e. The molecule has 3 nitrogen and oxygen atoms in total. The standard InChI is InChI=1S/C17H16BrN3/c1-13(14-7-2-3-8-15(14)18)20-16-9-4-5-10-17(16)21-12-6-11-19-21/h2-13,20H,1H3. The number of nitrogens with one attached hydrogen (secondary N) is 1. The highest BCUT2D eigenvalue weighted by atomic mass is 79.9. The summed E-state index contributed by atoms with van der Waals surface area (Å²) in [5.74, 6) is 0. The van der Waals surface area contributed by atoms with E-state index in [1.165, 1.54) is 5.56 Å². The molecule has 4 heteroatoms. The zero-order valence-electron chi connectivity index (χ0n) is 11.7. The highest BCUT2D eigenvalue weighted by Gasteiger charge is 2.11. The molecule has 0 fully saturated rings. The molecule has 0 saturated heterocycles. The Kier molecular flexibility index (Phi) is 4.06. The van der Waals surface area contributed by atoms with Gasteiger partial charge in [0, 0.05) is 22.9 Å². The second-order valence-corrected chi connectivity index (χ2v) is 5.71. The van der Waals surface area contributed by atoms with Gasteiger partial charge < -0.3 is 5.32 Å². The minimum Gasteiger partial charge on any atom is -0.377 e. The van der Waals surface area contributed by atoms with Crippen LogP contribution in [0, 0.1) is 0 Å². The molecule has 0 aliphatic carbocycles. The van der Waals surface area contributed by atoms with Crippen LogP contribution in [0.3, 0.4) is 0 Å². The van der Waals surface area contributed by atoms with Gasteiger partial charge in [0.1, 0.15) is 0 Å². The molecule has 2 aromatic carbocycles. The lowest BCUT2D eigenvalue weighted by molar-refractivity contribution is 0.851. The summed E-state index contributed by atoms with van der Waals surface area (Å²) in [4.78, 5) is 0. The number of benzene rings is 2.